The number of halogens is 1. The molecule has 2 heterocycles. The Morgan fingerprint density at radius 3 is 2.21 bits per heavy atom. The van der Waals surface area contributed by atoms with Crippen LogP contribution >= 0.6 is 15.9 Å². The Morgan fingerprint density at radius 1 is 0.966 bits per heavy atom. The normalized spacial score (nSPS) is 11.7. The van der Waals surface area contributed by atoms with E-state index in [4.69, 9.17) is 10.5 Å². The topological polar surface area (TPSA) is 66.0 Å². The molecule has 6 heteroatoms. The second-order valence-corrected chi connectivity index (χ2v) is 9.18. The number of aromatic nitrogens is 3. The zero-order valence-electron chi connectivity index (χ0n) is 16.7. The monoisotopic (exact) mass is 450 g/mol. The van der Waals surface area contributed by atoms with Crippen LogP contribution in [-0.4, -0.2) is 14.5 Å². The van der Waals surface area contributed by atoms with Crippen molar-refractivity contribution in [2.24, 2.45) is 5.41 Å². The van der Waals surface area contributed by atoms with Gasteiger partial charge in [0.15, 0.2) is 0 Å². The van der Waals surface area contributed by atoms with Crippen molar-refractivity contribution in [3.05, 3.63) is 65.5 Å². The maximum Gasteiger partial charge on any atom is 0.146 e. The Bertz CT molecular complexity index is 1140. The van der Waals surface area contributed by atoms with E-state index in [0.29, 0.717) is 5.82 Å². The zero-order valence-corrected chi connectivity index (χ0v) is 18.3. The molecular formula is C23H23BrN4O. The van der Waals surface area contributed by atoms with Gasteiger partial charge in [0.25, 0.3) is 0 Å². The van der Waals surface area contributed by atoms with Crippen LogP contribution in [0.1, 0.15) is 20.8 Å². The van der Waals surface area contributed by atoms with Gasteiger partial charge in [-0.05, 0) is 47.4 Å². The van der Waals surface area contributed by atoms with E-state index in [-0.39, 0.29) is 5.41 Å². The van der Waals surface area contributed by atoms with E-state index in [9.17, 15) is 0 Å². The highest BCUT2D eigenvalue weighted by atomic mass is 79.9. The van der Waals surface area contributed by atoms with Gasteiger partial charge in [-0.25, -0.2) is 9.97 Å². The van der Waals surface area contributed by atoms with Crippen molar-refractivity contribution in [1.29, 1.82) is 0 Å². The maximum atomic E-state index is 6.22. The molecule has 0 saturated heterocycles. The zero-order chi connectivity index (χ0) is 20.6. The molecule has 0 aliphatic heterocycles. The molecule has 0 aliphatic carbocycles. The van der Waals surface area contributed by atoms with Crippen molar-refractivity contribution < 1.29 is 4.74 Å². The summed E-state index contributed by atoms with van der Waals surface area (Å²) in [6.07, 6.45) is 3.64. The van der Waals surface area contributed by atoms with Gasteiger partial charge in [0.2, 0.25) is 0 Å². The SMILES string of the molecule is CC(C)(C)Cn1cc(-c2ccc(Oc3ccc(Br)cc3)cc2)c2c(N)ncnc21. The van der Waals surface area contributed by atoms with Gasteiger partial charge in [-0.2, -0.15) is 0 Å². The molecule has 148 valence electrons. The van der Waals surface area contributed by atoms with Gasteiger partial charge < -0.3 is 15.0 Å². The number of anilines is 1. The van der Waals surface area contributed by atoms with E-state index in [1.807, 2.05) is 48.5 Å². The summed E-state index contributed by atoms with van der Waals surface area (Å²) in [7, 11) is 0. The molecule has 0 amide bonds. The molecule has 4 rings (SSSR count). The molecule has 0 radical (unpaired) electrons. The molecule has 0 unspecified atom stereocenters. The highest BCUT2D eigenvalue weighted by Crippen LogP contribution is 2.35. The lowest BCUT2D eigenvalue weighted by atomic mass is 9.97. The highest BCUT2D eigenvalue weighted by Gasteiger charge is 2.19. The Balaban J connectivity index is 1.70. The fourth-order valence-corrected chi connectivity index (χ4v) is 3.60. The molecule has 0 fully saturated rings. The van der Waals surface area contributed by atoms with Gasteiger partial charge in [-0.3, -0.25) is 0 Å². The molecule has 29 heavy (non-hydrogen) atoms. The first-order valence-electron chi connectivity index (χ1n) is 9.43. The standard InChI is InChI=1S/C23H23BrN4O/c1-23(2,3)13-28-12-19(20-21(25)26-14-27-22(20)28)15-4-8-17(9-5-15)29-18-10-6-16(24)7-11-18/h4-12,14H,13H2,1-3H3,(H2,25,26,27). The van der Waals surface area contributed by atoms with Gasteiger partial charge >= 0.3 is 0 Å². The van der Waals surface area contributed by atoms with Crippen LogP contribution in [0.5, 0.6) is 11.5 Å². The molecule has 2 aromatic carbocycles. The minimum Gasteiger partial charge on any atom is -0.457 e. The number of hydrogen-bond acceptors (Lipinski definition) is 4. The minimum atomic E-state index is 0.116. The second-order valence-electron chi connectivity index (χ2n) is 8.27. The lowest BCUT2D eigenvalue weighted by Gasteiger charge is -2.19. The number of fused-ring (bicyclic) bond motifs is 1. The first kappa shape index (κ1) is 19.5. The predicted octanol–water partition coefficient (Wildman–Crippen LogP) is 6.28. The van der Waals surface area contributed by atoms with Crippen molar-refractivity contribution in [2.75, 3.05) is 5.73 Å². The predicted molar refractivity (Wildman–Crippen MR) is 121 cm³/mol. The first-order valence-corrected chi connectivity index (χ1v) is 10.2. The van der Waals surface area contributed by atoms with Crippen molar-refractivity contribution in [1.82, 2.24) is 14.5 Å². The second kappa shape index (κ2) is 7.52. The molecule has 0 saturated carbocycles. The summed E-state index contributed by atoms with van der Waals surface area (Å²) >= 11 is 3.43. The minimum absolute atomic E-state index is 0.116. The number of benzene rings is 2. The number of nitrogens with zero attached hydrogens (tertiary/aromatic N) is 3. The summed E-state index contributed by atoms with van der Waals surface area (Å²) in [5, 5.41) is 0.887. The van der Waals surface area contributed by atoms with Crippen molar-refractivity contribution >= 4 is 32.8 Å². The van der Waals surface area contributed by atoms with Crippen LogP contribution in [0.2, 0.25) is 0 Å². The van der Waals surface area contributed by atoms with Crippen LogP contribution in [0.4, 0.5) is 5.82 Å². The number of ether oxygens (including phenoxy) is 1. The first-order chi connectivity index (χ1) is 13.8. The van der Waals surface area contributed by atoms with E-state index in [2.05, 4.69) is 57.4 Å². The summed E-state index contributed by atoms with van der Waals surface area (Å²) in [6, 6.07) is 15.8. The molecule has 0 aliphatic rings. The Hall–Kier alpha value is -2.86. The summed E-state index contributed by atoms with van der Waals surface area (Å²) in [6.45, 7) is 7.46. The molecule has 4 aromatic rings. The third kappa shape index (κ3) is 4.27. The van der Waals surface area contributed by atoms with Crippen LogP contribution in [-0.2, 0) is 6.54 Å². The van der Waals surface area contributed by atoms with Crippen LogP contribution in [0.3, 0.4) is 0 Å². The van der Waals surface area contributed by atoms with Gasteiger partial charge in [0.05, 0.1) is 5.39 Å². The van der Waals surface area contributed by atoms with E-state index in [0.717, 1.165) is 44.7 Å². The van der Waals surface area contributed by atoms with Gasteiger partial charge in [0.1, 0.15) is 29.3 Å². The van der Waals surface area contributed by atoms with Gasteiger partial charge in [0, 0.05) is 22.8 Å². The number of nitrogen functional groups attached to an aromatic ring is 1. The number of rotatable bonds is 4. The van der Waals surface area contributed by atoms with Crippen LogP contribution in [0.15, 0.2) is 65.5 Å². The maximum absolute atomic E-state index is 6.22. The third-order valence-electron chi connectivity index (χ3n) is 4.54. The average molecular weight is 451 g/mol. The van der Waals surface area contributed by atoms with E-state index in [1.54, 1.807) is 0 Å². The van der Waals surface area contributed by atoms with Crippen molar-refractivity contribution in [3.8, 4) is 22.6 Å². The van der Waals surface area contributed by atoms with Crippen LogP contribution < -0.4 is 10.5 Å². The van der Waals surface area contributed by atoms with Crippen LogP contribution in [0, 0.1) is 5.41 Å². The number of hydrogen-bond donors (Lipinski definition) is 1. The lowest BCUT2D eigenvalue weighted by molar-refractivity contribution is 0.348. The summed E-state index contributed by atoms with van der Waals surface area (Å²) < 4.78 is 9.11. The summed E-state index contributed by atoms with van der Waals surface area (Å²) in [5.74, 6) is 2.06. The Labute approximate surface area is 178 Å². The highest BCUT2D eigenvalue weighted by molar-refractivity contribution is 9.10. The lowest BCUT2D eigenvalue weighted by Crippen LogP contribution is -2.15. The largest absolute Gasteiger partial charge is 0.457 e. The van der Waals surface area contributed by atoms with Crippen LogP contribution in [0.25, 0.3) is 22.2 Å². The van der Waals surface area contributed by atoms with Crippen molar-refractivity contribution in [2.45, 2.75) is 27.3 Å². The fourth-order valence-electron chi connectivity index (χ4n) is 3.34. The van der Waals surface area contributed by atoms with Gasteiger partial charge in [-0.15, -0.1) is 0 Å². The van der Waals surface area contributed by atoms with Gasteiger partial charge in [-0.1, -0.05) is 48.8 Å². The molecular weight excluding hydrogens is 428 g/mol. The molecule has 5 nitrogen and oxygen atoms in total. The smallest absolute Gasteiger partial charge is 0.146 e. The van der Waals surface area contributed by atoms with E-state index >= 15 is 0 Å². The van der Waals surface area contributed by atoms with Crippen molar-refractivity contribution in [3.63, 3.8) is 0 Å². The molecule has 2 aromatic heterocycles. The van der Waals surface area contributed by atoms with E-state index < -0.39 is 0 Å². The summed E-state index contributed by atoms with van der Waals surface area (Å²) in [5.41, 5.74) is 9.27. The number of nitrogens with two attached hydrogens (primary N) is 1. The molecule has 2 N–H and O–H groups in total. The molecule has 0 spiro atoms. The molecule has 0 bridgehead atoms. The Morgan fingerprint density at radius 2 is 1.59 bits per heavy atom. The fraction of sp³-hybridized carbons (Fsp3) is 0.217. The third-order valence-corrected chi connectivity index (χ3v) is 5.07. The Kier molecular flexibility index (Phi) is 5.04. The quantitative estimate of drug-likeness (QED) is 0.397. The summed E-state index contributed by atoms with van der Waals surface area (Å²) in [4.78, 5) is 8.70. The van der Waals surface area contributed by atoms with E-state index in [1.165, 1.54) is 6.33 Å². The average Bonchev–Trinajstić information content (AvgIpc) is 3.02. The molecule has 0 atom stereocenters.